The van der Waals surface area contributed by atoms with Crippen LogP contribution < -0.4 is 4.90 Å². The molecule has 5 heteroatoms. The van der Waals surface area contributed by atoms with E-state index in [1.54, 1.807) is 6.07 Å². The van der Waals surface area contributed by atoms with E-state index >= 15 is 0 Å². The van der Waals surface area contributed by atoms with Gasteiger partial charge in [0, 0.05) is 19.0 Å². The average Bonchev–Trinajstić information content (AvgIpc) is 3.13. The second-order valence-corrected chi connectivity index (χ2v) is 6.15. The lowest BCUT2D eigenvalue weighted by atomic mass is 9.97. The highest BCUT2D eigenvalue weighted by molar-refractivity contribution is 5.58. The van der Waals surface area contributed by atoms with E-state index < -0.39 is 5.95 Å². The van der Waals surface area contributed by atoms with Gasteiger partial charge in [-0.1, -0.05) is 36.4 Å². The van der Waals surface area contributed by atoms with Crippen LogP contribution in [0.25, 0.3) is 11.3 Å². The van der Waals surface area contributed by atoms with Crippen LogP contribution in [0.1, 0.15) is 24.6 Å². The second-order valence-electron chi connectivity index (χ2n) is 6.15. The molecule has 2 aromatic heterocycles. The number of rotatable bonds is 3. The molecule has 0 saturated carbocycles. The summed E-state index contributed by atoms with van der Waals surface area (Å²) in [6.45, 7) is 1.71. The topological polar surface area (TPSA) is 44.8 Å². The molecule has 1 aromatic carbocycles. The van der Waals surface area contributed by atoms with Crippen LogP contribution in [0.4, 0.5) is 10.2 Å². The van der Waals surface area contributed by atoms with E-state index in [2.05, 4.69) is 32.0 Å². The van der Waals surface area contributed by atoms with Crippen molar-refractivity contribution in [2.75, 3.05) is 18.0 Å². The third-order valence-electron chi connectivity index (χ3n) is 4.51. The Labute approximate surface area is 140 Å². The molecule has 1 N–H and O–H groups in total. The number of halogens is 1. The van der Waals surface area contributed by atoms with Crippen molar-refractivity contribution in [3.8, 4) is 11.3 Å². The predicted molar refractivity (Wildman–Crippen MR) is 92.4 cm³/mol. The first-order valence-corrected chi connectivity index (χ1v) is 8.27. The fourth-order valence-corrected chi connectivity index (χ4v) is 3.29. The number of nitrogens with zero attached hydrogens (tertiary/aromatic N) is 3. The van der Waals surface area contributed by atoms with E-state index in [0.29, 0.717) is 11.7 Å². The van der Waals surface area contributed by atoms with E-state index in [9.17, 15) is 4.39 Å². The summed E-state index contributed by atoms with van der Waals surface area (Å²) >= 11 is 0. The van der Waals surface area contributed by atoms with E-state index in [-0.39, 0.29) is 0 Å². The summed E-state index contributed by atoms with van der Waals surface area (Å²) < 4.78 is 13.4. The fraction of sp³-hybridized carbons (Fsp3) is 0.263. The number of aromatic nitrogens is 3. The SMILES string of the molecule is Fc1cccc(N2CCCC(c3ncc(-c4ccccc4)[nH]3)C2)n1. The van der Waals surface area contributed by atoms with Crippen molar-refractivity contribution in [1.82, 2.24) is 15.0 Å². The van der Waals surface area contributed by atoms with Gasteiger partial charge in [0.2, 0.25) is 5.95 Å². The number of nitrogens with one attached hydrogen (secondary N) is 1. The Balaban J connectivity index is 1.53. The van der Waals surface area contributed by atoms with Crippen LogP contribution >= 0.6 is 0 Å². The lowest BCUT2D eigenvalue weighted by molar-refractivity contribution is 0.488. The smallest absolute Gasteiger partial charge is 0.214 e. The van der Waals surface area contributed by atoms with Crippen LogP contribution in [0.15, 0.2) is 54.7 Å². The summed E-state index contributed by atoms with van der Waals surface area (Å²) in [5, 5.41) is 0. The molecule has 3 heterocycles. The lowest BCUT2D eigenvalue weighted by Crippen LogP contribution is -2.35. The van der Waals surface area contributed by atoms with Gasteiger partial charge in [0.25, 0.3) is 0 Å². The van der Waals surface area contributed by atoms with Crippen molar-refractivity contribution in [1.29, 1.82) is 0 Å². The molecule has 0 spiro atoms. The van der Waals surface area contributed by atoms with Gasteiger partial charge in [-0.2, -0.15) is 4.39 Å². The number of H-pyrrole nitrogens is 1. The predicted octanol–water partition coefficient (Wildman–Crippen LogP) is 3.99. The zero-order valence-corrected chi connectivity index (χ0v) is 13.3. The first-order valence-electron chi connectivity index (χ1n) is 8.27. The summed E-state index contributed by atoms with van der Waals surface area (Å²) in [5.74, 6) is 1.57. The molecular weight excluding hydrogens is 303 g/mol. The van der Waals surface area contributed by atoms with Gasteiger partial charge in [0.15, 0.2) is 0 Å². The maximum atomic E-state index is 13.4. The Bertz CT molecular complexity index is 815. The molecule has 4 rings (SSSR count). The number of hydrogen-bond acceptors (Lipinski definition) is 3. The third-order valence-corrected chi connectivity index (χ3v) is 4.51. The molecular formula is C19H19FN4. The quantitative estimate of drug-likeness (QED) is 0.742. The number of anilines is 1. The van der Waals surface area contributed by atoms with E-state index in [0.717, 1.165) is 43.0 Å². The zero-order valence-electron chi connectivity index (χ0n) is 13.3. The van der Waals surface area contributed by atoms with Gasteiger partial charge in [0.1, 0.15) is 11.6 Å². The molecule has 1 aliphatic heterocycles. The van der Waals surface area contributed by atoms with E-state index in [1.165, 1.54) is 6.07 Å². The molecule has 0 aliphatic carbocycles. The molecule has 4 nitrogen and oxygen atoms in total. The van der Waals surface area contributed by atoms with Crippen molar-refractivity contribution in [3.63, 3.8) is 0 Å². The first-order chi connectivity index (χ1) is 11.8. The van der Waals surface area contributed by atoms with Crippen molar-refractivity contribution < 1.29 is 4.39 Å². The molecule has 1 unspecified atom stereocenters. The fourth-order valence-electron chi connectivity index (χ4n) is 3.29. The Morgan fingerprint density at radius 3 is 2.79 bits per heavy atom. The van der Waals surface area contributed by atoms with Gasteiger partial charge in [-0.05, 0) is 30.5 Å². The molecule has 1 fully saturated rings. The summed E-state index contributed by atoms with van der Waals surface area (Å²) in [6.07, 6.45) is 4.02. The second kappa shape index (κ2) is 6.43. The number of piperidine rings is 1. The Hall–Kier alpha value is -2.69. The van der Waals surface area contributed by atoms with Crippen molar-refractivity contribution >= 4 is 5.82 Å². The lowest BCUT2D eigenvalue weighted by Gasteiger charge is -2.32. The average molecular weight is 322 g/mol. The van der Waals surface area contributed by atoms with Gasteiger partial charge in [-0.3, -0.25) is 0 Å². The van der Waals surface area contributed by atoms with Crippen LogP contribution in [-0.4, -0.2) is 28.0 Å². The van der Waals surface area contributed by atoms with Crippen LogP contribution in [0.3, 0.4) is 0 Å². The minimum absolute atomic E-state index is 0.307. The molecule has 0 amide bonds. The Kier molecular flexibility index (Phi) is 3.99. The molecule has 0 radical (unpaired) electrons. The number of imidazole rings is 1. The van der Waals surface area contributed by atoms with Gasteiger partial charge >= 0.3 is 0 Å². The number of aromatic amines is 1. The van der Waals surface area contributed by atoms with E-state index in [1.807, 2.05) is 30.5 Å². The van der Waals surface area contributed by atoms with Gasteiger partial charge in [0.05, 0.1) is 11.9 Å². The Morgan fingerprint density at radius 2 is 1.96 bits per heavy atom. The molecule has 1 saturated heterocycles. The van der Waals surface area contributed by atoms with Crippen LogP contribution in [0.5, 0.6) is 0 Å². The maximum Gasteiger partial charge on any atom is 0.214 e. The molecule has 122 valence electrons. The summed E-state index contributed by atoms with van der Waals surface area (Å²) in [5.41, 5.74) is 2.17. The van der Waals surface area contributed by atoms with E-state index in [4.69, 9.17) is 0 Å². The normalized spacial score (nSPS) is 17.9. The number of benzene rings is 1. The minimum Gasteiger partial charge on any atom is -0.356 e. The number of hydrogen-bond donors (Lipinski definition) is 1. The number of pyridine rings is 1. The largest absolute Gasteiger partial charge is 0.356 e. The standard InChI is InChI=1S/C19H19FN4/c20-17-9-4-10-18(23-17)24-11-5-8-15(13-24)19-21-12-16(22-19)14-6-2-1-3-7-14/h1-4,6-7,9-10,12,15H,5,8,11,13H2,(H,21,22). The molecule has 1 aliphatic rings. The monoisotopic (exact) mass is 322 g/mol. The zero-order chi connectivity index (χ0) is 16.4. The van der Waals surface area contributed by atoms with Crippen molar-refractivity contribution in [2.45, 2.75) is 18.8 Å². The summed E-state index contributed by atoms with van der Waals surface area (Å²) in [7, 11) is 0. The summed E-state index contributed by atoms with van der Waals surface area (Å²) in [6, 6.07) is 15.1. The molecule has 0 bridgehead atoms. The van der Waals surface area contributed by atoms with Crippen molar-refractivity contribution in [2.24, 2.45) is 0 Å². The molecule has 1 atom stereocenters. The third kappa shape index (κ3) is 3.02. The summed E-state index contributed by atoms with van der Waals surface area (Å²) in [4.78, 5) is 14.2. The first kappa shape index (κ1) is 14.9. The van der Waals surface area contributed by atoms with Crippen LogP contribution in [0, 0.1) is 5.95 Å². The van der Waals surface area contributed by atoms with Gasteiger partial charge in [-0.25, -0.2) is 9.97 Å². The highest BCUT2D eigenvalue weighted by Crippen LogP contribution is 2.29. The Morgan fingerprint density at radius 1 is 1.08 bits per heavy atom. The molecule has 3 aromatic rings. The highest BCUT2D eigenvalue weighted by Gasteiger charge is 2.24. The van der Waals surface area contributed by atoms with Crippen molar-refractivity contribution in [3.05, 3.63) is 66.5 Å². The highest BCUT2D eigenvalue weighted by atomic mass is 19.1. The van der Waals surface area contributed by atoms with Gasteiger partial charge in [-0.15, -0.1) is 0 Å². The maximum absolute atomic E-state index is 13.4. The van der Waals surface area contributed by atoms with Gasteiger partial charge < -0.3 is 9.88 Å². The molecule has 24 heavy (non-hydrogen) atoms. The van der Waals surface area contributed by atoms with Crippen LogP contribution in [0.2, 0.25) is 0 Å². The minimum atomic E-state index is -0.431. The van der Waals surface area contributed by atoms with Crippen LogP contribution in [-0.2, 0) is 0 Å².